The van der Waals surface area contributed by atoms with E-state index in [1.54, 1.807) is 7.11 Å². The molecular weight excluding hydrogens is 244 g/mol. The van der Waals surface area contributed by atoms with Crippen molar-refractivity contribution in [2.24, 2.45) is 11.3 Å². The zero-order valence-electron chi connectivity index (χ0n) is 14.1. The number of hydrogen-bond acceptors (Lipinski definition) is 1. The summed E-state index contributed by atoms with van der Waals surface area (Å²) in [6.45, 7) is 20.3. The molecule has 0 radical (unpaired) electrons. The van der Waals surface area contributed by atoms with Crippen molar-refractivity contribution in [1.29, 1.82) is 0 Å². The minimum atomic E-state index is 0.226. The predicted molar refractivity (Wildman–Crippen MR) is 88.8 cm³/mol. The summed E-state index contributed by atoms with van der Waals surface area (Å²) in [5, 5.41) is 0. The van der Waals surface area contributed by atoms with Gasteiger partial charge in [-0.05, 0) is 37.7 Å². The fourth-order valence-electron chi connectivity index (χ4n) is 2.75. The van der Waals surface area contributed by atoms with Gasteiger partial charge in [0.2, 0.25) is 0 Å². The van der Waals surface area contributed by atoms with Crippen molar-refractivity contribution in [3.8, 4) is 0 Å². The molecule has 20 heavy (non-hydrogen) atoms. The highest BCUT2D eigenvalue weighted by atomic mass is 16.5. The molecule has 0 spiro atoms. The van der Waals surface area contributed by atoms with Gasteiger partial charge in [0.1, 0.15) is 0 Å². The van der Waals surface area contributed by atoms with Crippen molar-refractivity contribution >= 4 is 0 Å². The molecule has 1 aliphatic carbocycles. The lowest BCUT2D eigenvalue weighted by Gasteiger charge is -2.33. The minimum Gasteiger partial charge on any atom is -0.380 e. The van der Waals surface area contributed by atoms with Crippen molar-refractivity contribution in [1.82, 2.24) is 0 Å². The van der Waals surface area contributed by atoms with Gasteiger partial charge in [-0.2, -0.15) is 0 Å². The highest BCUT2D eigenvalue weighted by Crippen LogP contribution is 2.41. The molecule has 0 aromatic heterocycles. The Kier molecular flexibility index (Phi) is 5.59. The van der Waals surface area contributed by atoms with Crippen LogP contribution in [0.3, 0.4) is 0 Å². The summed E-state index contributed by atoms with van der Waals surface area (Å²) in [5.74, 6) is 0.447. The number of ether oxygens (including phenoxy) is 1. The molecule has 0 aliphatic heterocycles. The molecule has 1 atom stereocenters. The quantitative estimate of drug-likeness (QED) is 0.604. The third kappa shape index (κ3) is 4.21. The van der Waals surface area contributed by atoms with Crippen LogP contribution in [0.5, 0.6) is 0 Å². The number of methoxy groups -OCH3 is 1. The van der Waals surface area contributed by atoms with E-state index in [1.165, 1.54) is 22.3 Å². The second-order valence-corrected chi connectivity index (χ2v) is 7.06. The van der Waals surface area contributed by atoms with Crippen molar-refractivity contribution in [2.75, 3.05) is 13.7 Å². The third-order valence-electron chi connectivity index (χ3n) is 4.24. The van der Waals surface area contributed by atoms with Crippen LogP contribution in [0.25, 0.3) is 0 Å². The van der Waals surface area contributed by atoms with Crippen LogP contribution in [0.15, 0.2) is 47.1 Å². The molecule has 1 rings (SSSR count). The molecule has 0 aromatic carbocycles. The Labute approximate surface area is 125 Å². The number of hydrogen-bond donors (Lipinski definition) is 0. The standard InChI is InChI=1S/C19H30O/c1-13(12-20-8)9-15(3)18-11-17(19(5,6)7)10-14(2)16(18)4/h10,18H,1,3,9,11-12H2,2,4-8H3. The largest absolute Gasteiger partial charge is 0.380 e. The van der Waals surface area contributed by atoms with Gasteiger partial charge in [0.05, 0.1) is 6.61 Å². The van der Waals surface area contributed by atoms with Crippen LogP contribution in [0.2, 0.25) is 0 Å². The molecule has 1 nitrogen and oxygen atoms in total. The van der Waals surface area contributed by atoms with Gasteiger partial charge in [-0.3, -0.25) is 0 Å². The maximum Gasteiger partial charge on any atom is 0.0673 e. The number of rotatable bonds is 5. The molecule has 0 amide bonds. The molecule has 0 heterocycles. The van der Waals surface area contributed by atoms with E-state index < -0.39 is 0 Å². The lowest BCUT2D eigenvalue weighted by atomic mass is 9.72. The molecule has 0 aromatic rings. The fraction of sp³-hybridized carbons (Fsp3) is 0.579. The SMILES string of the molecule is C=C(COC)CC(=C)C1CC(C(C)(C)C)=CC(C)=C1C. The molecule has 0 N–H and O–H groups in total. The number of allylic oxidation sites excluding steroid dienone is 5. The van der Waals surface area contributed by atoms with E-state index in [4.69, 9.17) is 4.74 Å². The summed E-state index contributed by atoms with van der Waals surface area (Å²) >= 11 is 0. The average Bonchev–Trinajstić information content (AvgIpc) is 2.31. The van der Waals surface area contributed by atoms with Crippen LogP contribution in [0, 0.1) is 11.3 Å². The molecule has 0 bridgehead atoms. The Hall–Kier alpha value is -1.08. The fourth-order valence-corrected chi connectivity index (χ4v) is 2.75. The maximum atomic E-state index is 5.15. The van der Waals surface area contributed by atoms with E-state index in [0.717, 1.165) is 18.4 Å². The first kappa shape index (κ1) is 17.0. The van der Waals surface area contributed by atoms with Gasteiger partial charge in [-0.1, -0.05) is 62.3 Å². The van der Waals surface area contributed by atoms with Crippen molar-refractivity contribution < 1.29 is 4.74 Å². The summed E-state index contributed by atoms with van der Waals surface area (Å²) < 4.78 is 5.15. The monoisotopic (exact) mass is 274 g/mol. The first-order chi connectivity index (χ1) is 9.16. The van der Waals surface area contributed by atoms with Crippen LogP contribution in [-0.4, -0.2) is 13.7 Å². The summed E-state index contributed by atoms with van der Waals surface area (Å²) in [7, 11) is 1.71. The second-order valence-electron chi connectivity index (χ2n) is 7.06. The van der Waals surface area contributed by atoms with Crippen molar-refractivity contribution in [3.05, 3.63) is 47.1 Å². The molecule has 0 fully saturated rings. The van der Waals surface area contributed by atoms with Crippen LogP contribution in [0.1, 0.15) is 47.5 Å². The van der Waals surface area contributed by atoms with E-state index in [2.05, 4.69) is 53.9 Å². The third-order valence-corrected chi connectivity index (χ3v) is 4.24. The van der Waals surface area contributed by atoms with E-state index in [9.17, 15) is 0 Å². The van der Waals surface area contributed by atoms with E-state index in [1.807, 2.05) is 0 Å². The summed E-state index contributed by atoms with van der Waals surface area (Å²) in [6, 6.07) is 0. The predicted octanol–water partition coefficient (Wildman–Crippen LogP) is 5.46. The highest BCUT2D eigenvalue weighted by Gasteiger charge is 2.27. The normalized spacial score (nSPS) is 19.9. The average molecular weight is 274 g/mol. The Morgan fingerprint density at radius 1 is 1.30 bits per heavy atom. The molecule has 0 saturated carbocycles. The van der Waals surface area contributed by atoms with Gasteiger partial charge >= 0.3 is 0 Å². The zero-order valence-corrected chi connectivity index (χ0v) is 14.1. The molecule has 1 heteroatoms. The first-order valence-corrected chi connectivity index (χ1v) is 7.38. The van der Waals surface area contributed by atoms with E-state index >= 15 is 0 Å². The van der Waals surface area contributed by atoms with Crippen LogP contribution < -0.4 is 0 Å². The van der Waals surface area contributed by atoms with Gasteiger partial charge in [0.15, 0.2) is 0 Å². The first-order valence-electron chi connectivity index (χ1n) is 7.38. The summed E-state index contributed by atoms with van der Waals surface area (Å²) in [6.07, 6.45) is 4.31. The molecule has 1 unspecified atom stereocenters. The molecular formula is C19H30O. The highest BCUT2D eigenvalue weighted by molar-refractivity contribution is 5.39. The maximum absolute atomic E-state index is 5.15. The van der Waals surface area contributed by atoms with E-state index in [-0.39, 0.29) is 5.41 Å². The lowest BCUT2D eigenvalue weighted by molar-refractivity contribution is 0.224. The Bertz CT molecular complexity index is 455. The smallest absolute Gasteiger partial charge is 0.0673 e. The Morgan fingerprint density at radius 2 is 1.90 bits per heavy atom. The van der Waals surface area contributed by atoms with Crippen LogP contribution in [0.4, 0.5) is 0 Å². The van der Waals surface area contributed by atoms with E-state index in [0.29, 0.717) is 12.5 Å². The van der Waals surface area contributed by atoms with Gasteiger partial charge in [-0.25, -0.2) is 0 Å². The molecule has 112 valence electrons. The minimum absolute atomic E-state index is 0.226. The Morgan fingerprint density at radius 3 is 2.40 bits per heavy atom. The topological polar surface area (TPSA) is 9.23 Å². The molecule has 0 saturated heterocycles. The second kappa shape index (κ2) is 6.58. The van der Waals surface area contributed by atoms with Crippen LogP contribution in [-0.2, 0) is 4.74 Å². The van der Waals surface area contributed by atoms with Crippen molar-refractivity contribution in [3.63, 3.8) is 0 Å². The Balaban J connectivity index is 2.90. The summed E-state index contributed by atoms with van der Waals surface area (Å²) in [4.78, 5) is 0. The van der Waals surface area contributed by atoms with Gasteiger partial charge in [0.25, 0.3) is 0 Å². The van der Waals surface area contributed by atoms with Gasteiger partial charge in [-0.15, -0.1) is 0 Å². The molecule has 1 aliphatic rings. The zero-order chi connectivity index (χ0) is 15.5. The summed E-state index contributed by atoms with van der Waals surface area (Å²) in [5.41, 5.74) is 6.96. The van der Waals surface area contributed by atoms with Crippen LogP contribution >= 0.6 is 0 Å². The lowest BCUT2D eigenvalue weighted by Crippen LogP contribution is -2.20. The van der Waals surface area contributed by atoms with Gasteiger partial charge in [0, 0.05) is 13.0 Å². The van der Waals surface area contributed by atoms with Gasteiger partial charge < -0.3 is 4.74 Å². The van der Waals surface area contributed by atoms with Crippen molar-refractivity contribution in [2.45, 2.75) is 47.5 Å².